The molecule has 0 aliphatic rings. The van der Waals surface area contributed by atoms with Crippen LogP contribution in [0.4, 0.5) is 26.3 Å². The molecule has 101 valence electrons. The number of aromatic nitrogens is 1. The van der Waals surface area contributed by atoms with Gasteiger partial charge in [-0.3, -0.25) is 0 Å². The predicted molar refractivity (Wildman–Crippen MR) is 56.4 cm³/mol. The van der Waals surface area contributed by atoms with E-state index in [9.17, 15) is 26.3 Å². The van der Waals surface area contributed by atoms with Gasteiger partial charge < -0.3 is 0 Å². The van der Waals surface area contributed by atoms with Crippen molar-refractivity contribution in [2.24, 2.45) is 0 Å². The summed E-state index contributed by atoms with van der Waals surface area (Å²) in [5.74, 6) is 0. The summed E-state index contributed by atoms with van der Waals surface area (Å²) in [7, 11) is 0. The van der Waals surface area contributed by atoms with Gasteiger partial charge in [-0.15, -0.1) is 11.3 Å². The minimum absolute atomic E-state index is 0.0298. The molecular weight excluding hydrogens is 292 g/mol. The number of benzene rings is 1. The molecule has 0 bridgehead atoms. The fraction of sp³-hybridized carbons (Fsp3) is 0.182. The molecule has 0 aliphatic carbocycles. The lowest BCUT2D eigenvalue weighted by Gasteiger charge is -2.16. The number of alkyl halides is 6. The largest absolute Gasteiger partial charge is 0.417 e. The number of hydrogen-bond acceptors (Lipinski definition) is 2. The van der Waals surface area contributed by atoms with Crippen molar-refractivity contribution in [3.8, 4) is 11.3 Å². The number of hydrogen-bond donors (Lipinski definition) is 0. The van der Waals surface area contributed by atoms with Crippen LogP contribution in [-0.2, 0) is 12.4 Å². The zero-order valence-electron chi connectivity index (χ0n) is 8.93. The standard InChI is InChI=1S/C11H4F6NS/c12-10(13,14)7-2-1-6(9-4-19-5-18-9)3-8(7)11(15,16)17/h1-4H. The van der Waals surface area contributed by atoms with Crippen molar-refractivity contribution in [2.75, 3.05) is 0 Å². The van der Waals surface area contributed by atoms with Crippen LogP contribution in [-0.4, -0.2) is 4.98 Å². The number of nitrogens with zero attached hydrogens (tertiary/aromatic N) is 1. The van der Waals surface area contributed by atoms with Gasteiger partial charge in [0.2, 0.25) is 0 Å². The van der Waals surface area contributed by atoms with Crippen LogP contribution in [0.2, 0.25) is 0 Å². The monoisotopic (exact) mass is 296 g/mol. The Morgan fingerprint density at radius 3 is 2.05 bits per heavy atom. The first-order valence-corrected chi connectivity index (χ1v) is 5.68. The Balaban J connectivity index is 2.61. The van der Waals surface area contributed by atoms with E-state index < -0.39 is 23.5 Å². The summed E-state index contributed by atoms with van der Waals surface area (Å²) in [5, 5.41) is 1.41. The molecule has 1 aromatic carbocycles. The van der Waals surface area contributed by atoms with Crippen molar-refractivity contribution in [3.63, 3.8) is 0 Å². The minimum atomic E-state index is -5.08. The lowest BCUT2D eigenvalue weighted by Crippen LogP contribution is -2.16. The first kappa shape index (κ1) is 13.9. The van der Waals surface area contributed by atoms with E-state index in [0.717, 1.165) is 17.4 Å². The molecule has 0 unspecified atom stereocenters. The van der Waals surface area contributed by atoms with Gasteiger partial charge in [-0.2, -0.15) is 26.3 Å². The molecule has 1 aromatic heterocycles. The molecule has 0 atom stereocenters. The highest BCUT2D eigenvalue weighted by molar-refractivity contribution is 7.07. The van der Waals surface area contributed by atoms with Crippen LogP contribution in [0.15, 0.2) is 23.6 Å². The highest BCUT2D eigenvalue weighted by Gasteiger charge is 2.43. The smallest absolute Gasteiger partial charge is 0.233 e. The maximum absolute atomic E-state index is 12.7. The zero-order chi connectivity index (χ0) is 14.3. The number of rotatable bonds is 1. The summed E-state index contributed by atoms with van der Waals surface area (Å²) in [6, 6.07) is 1.82. The molecule has 0 fully saturated rings. The van der Waals surface area contributed by atoms with E-state index in [0.29, 0.717) is 12.1 Å². The third-order valence-electron chi connectivity index (χ3n) is 2.32. The Morgan fingerprint density at radius 2 is 1.58 bits per heavy atom. The van der Waals surface area contributed by atoms with E-state index in [1.54, 1.807) is 0 Å². The van der Waals surface area contributed by atoms with Crippen molar-refractivity contribution < 1.29 is 26.3 Å². The van der Waals surface area contributed by atoms with E-state index in [4.69, 9.17) is 0 Å². The van der Waals surface area contributed by atoms with Crippen LogP contribution in [0.5, 0.6) is 0 Å². The lowest BCUT2D eigenvalue weighted by atomic mass is 10.0. The molecule has 8 heteroatoms. The van der Waals surface area contributed by atoms with Crippen molar-refractivity contribution in [1.82, 2.24) is 4.98 Å². The molecule has 0 saturated carbocycles. The molecule has 2 aromatic rings. The first-order valence-electron chi connectivity index (χ1n) is 4.80. The van der Waals surface area contributed by atoms with Crippen molar-refractivity contribution in [2.45, 2.75) is 12.4 Å². The van der Waals surface area contributed by atoms with E-state index in [1.807, 2.05) is 0 Å². The second-order valence-electron chi connectivity index (χ2n) is 3.58. The summed E-state index contributed by atoms with van der Waals surface area (Å²) in [6.07, 6.45) is -10.1. The SMILES string of the molecule is FC(F)(F)c1ccc(-c2cs[c]n2)cc1C(F)(F)F. The Kier molecular flexibility index (Phi) is 3.29. The Hall–Kier alpha value is -1.57. The molecule has 2 rings (SSSR count). The maximum atomic E-state index is 12.7. The van der Waals surface area contributed by atoms with Gasteiger partial charge in [0.05, 0.1) is 16.8 Å². The normalized spacial score (nSPS) is 12.7. The van der Waals surface area contributed by atoms with Gasteiger partial charge in [-0.25, -0.2) is 4.98 Å². The minimum Gasteiger partial charge on any atom is -0.233 e. The maximum Gasteiger partial charge on any atom is 0.417 e. The van der Waals surface area contributed by atoms with Crippen LogP contribution in [0.3, 0.4) is 0 Å². The van der Waals surface area contributed by atoms with Gasteiger partial charge in [0.1, 0.15) is 0 Å². The third kappa shape index (κ3) is 2.89. The molecule has 0 aliphatic heterocycles. The predicted octanol–water partition coefficient (Wildman–Crippen LogP) is 4.65. The van der Waals surface area contributed by atoms with Gasteiger partial charge in [0, 0.05) is 10.9 Å². The molecule has 0 N–H and O–H groups in total. The molecule has 1 nitrogen and oxygen atoms in total. The van der Waals surface area contributed by atoms with Crippen molar-refractivity contribution >= 4 is 11.3 Å². The van der Waals surface area contributed by atoms with E-state index >= 15 is 0 Å². The van der Waals surface area contributed by atoms with Crippen LogP contribution < -0.4 is 0 Å². The van der Waals surface area contributed by atoms with Crippen LogP contribution in [0.1, 0.15) is 11.1 Å². The fourth-order valence-corrected chi connectivity index (χ4v) is 2.01. The van der Waals surface area contributed by atoms with Gasteiger partial charge >= 0.3 is 12.4 Å². The zero-order valence-corrected chi connectivity index (χ0v) is 9.75. The van der Waals surface area contributed by atoms with Crippen molar-refractivity contribution in [1.29, 1.82) is 0 Å². The van der Waals surface area contributed by atoms with Gasteiger partial charge in [-0.05, 0) is 12.1 Å². The average molecular weight is 296 g/mol. The topological polar surface area (TPSA) is 12.9 Å². The second-order valence-corrected chi connectivity index (χ2v) is 4.23. The van der Waals surface area contributed by atoms with Gasteiger partial charge in [0.15, 0.2) is 5.51 Å². The second kappa shape index (κ2) is 4.52. The summed E-state index contributed by atoms with van der Waals surface area (Å²) in [4.78, 5) is 3.65. The van der Waals surface area contributed by atoms with E-state index in [2.05, 4.69) is 10.5 Å². The van der Waals surface area contributed by atoms with E-state index in [1.165, 1.54) is 5.38 Å². The lowest BCUT2D eigenvalue weighted by molar-refractivity contribution is -0.162. The molecule has 0 amide bonds. The number of thiazole rings is 1. The highest BCUT2D eigenvalue weighted by atomic mass is 32.1. The number of halogens is 6. The quantitative estimate of drug-likeness (QED) is 0.698. The molecule has 1 radical (unpaired) electrons. The molecular formula is C11H4F6NS. The summed E-state index contributed by atoms with van der Waals surface area (Å²) in [5.41, 5.74) is -0.876. The van der Waals surface area contributed by atoms with Crippen LogP contribution in [0, 0.1) is 5.51 Å². The Labute approximate surface area is 107 Å². The molecule has 19 heavy (non-hydrogen) atoms. The summed E-state index contributed by atoms with van der Waals surface area (Å²) < 4.78 is 75.6. The average Bonchev–Trinajstić information content (AvgIpc) is 2.79. The summed E-state index contributed by atoms with van der Waals surface area (Å²) in [6.45, 7) is 0. The molecule has 1 heterocycles. The van der Waals surface area contributed by atoms with E-state index in [-0.39, 0.29) is 11.3 Å². The highest BCUT2D eigenvalue weighted by Crippen LogP contribution is 2.41. The third-order valence-corrected chi connectivity index (χ3v) is 2.85. The fourth-order valence-electron chi connectivity index (χ4n) is 1.50. The molecule has 0 spiro atoms. The van der Waals surface area contributed by atoms with Crippen LogP contribution in [0.25, 0.3) is 11.3 Å². The Bertz CT molecular complexity index is 570. The molecule has 0 saturated heterocycles. The Morgan fingerprint density at radius 1 is 0.947 bits per heavy atom. The first-order chi connectivity index (χ1) is 8.69. The van der Waals surface area contributed by atoms with Crippen LogP contribution >= 0.6 is 11.3 Å². The van der Waals surface area contributed by atoms with Crippen molar-refractivity contribution in [3.05, 3.63) is 40.2 Å². The van der Waals surface area contributed by atoms with Gasteiger partial charge in [-0.1, -0.05) is 6.07 Å². The van der Waals surface area contributed by atoms with Gasteiger partial charge in [0.25, 0.3) is 0 Å². The summed E-state index contributed by atoms with van der Waals surface area (Å²) >= 11 is 1.02.